The maximum atomic E-state index is 13.1. The van der Waals surface area contributed by atoms with Gasteiger partial charge in [0.15, 0.2) is 11.4 Å². The molecule has 1 amide bonds. The summed E-state index contributed by atoms with van der Waals surface area (Å²) >= 11 is 0. The van der Waals surface area contributed by atoms with Crippen LogP contribution in [0.2, 0.25) is 0 Å². The van der Waals surface area contributed by atoms with Gasteiger partial charge >= 0.3 is 0 Å². The number of fused-ring (bicyclic) bond motifs is 1. The van der Waals surface area contributed by atoms with Gasteiger partial charge in [0.05, 0.1) is 35.8 Å². The average Bonchev–Trinajstić information content (AvgIpc) is 3.58. The van der Waals surface area contributed by atoms with Crippen LogP contribution in [0.1, 0.15) is 80.0 Å². The number of carbonyl (C=O) groups is 2. The quantitative estimate of drug-likeness (QED) is 0.322. The van der Waals surface area contributed by atoms with Gasteiger partial charge in [0.2, 0.25) is 5.82 Å². The van der Waals surface area contributed by atoms with Crippen LogP contribution in [-0.2, 0) is 6.54 Å². The summed E-state index contributed by atoms with van der Waals surface area (Å²) in [5.74, 6) is -0.0811. The second kappa shape index (κ2) is 9.31. The zero-order valence-electron chi connectivity index (χ0n) is 22.1. The van der Waals surface area contributed by atoms with Gasteiger partial charge in [-0.2, -0.15) is 19.8 Å². The number of nitrogens with one attached hydrogen (secondary N) is 1. The molecule has 0 spiro atoms. The minimum atomic E-state index is -0.923. The zero-order valence-corrected chi connectivity index (χ0v) is 22.1. The Morgan fingerprint density at radius 2 is 1.89 bits per heavy atom. The number of hydrogen-bond donors (Lipinski definition) is 3. The molecule has 4 aromatic heterocycles. The molecular weight excluding hydrogens is 488 g/mol. The smallest absolute Gasteiger partial charge is 0.291 e. The van der Waals surface area contributed by atoms with Crippen LogP contribution >= 0.6 is 0 Å². The van der Waals surface area contributed by atoms with Crippen LogP contribution in [0.15, 0.2) is 24.9 Å². The monoisotopic (exact) mass is 520 g/mol. The average molecular weight is 521 g/mol. The van der Waals surface area contributed by atoms with Crippen LogP contribution in [-0.4, -0.2) is 78.9 Å². The number of H-pyrrole nitrogens is 1. The molecule has 4 N–H and O–H groups in total. The van der Waals surface area contributed by atoms with Crippen molar-refractivity contribution < 1.29 is 14.7 Å². The number of rotatable bonds is 6. The number of aliphatic hydroxyl groups is 1. The second-order valence-corrected chi connectivity index (χ2v) is 10.8. The van der Waals surface area contributed by atoms with Crippen LogP contribution in [0.4, 0.5) is 5.82 Å². The first-order valence-electron chi connectivity index (χ1n) is 12.6. The van der Waals surface area contributed by atoms with Gasteiger partial charge < -0.3 is 15.7 Å². The van der Waals surface area contributed by atoms with Gasteiger partial charge in [-0.1, -0.05) is 0 Å². The number of Topliss-reactive ketones (excluding diaryl/α,β-unsaturated/α-hetero) is 1. The highest BCUT2D eigenvalue weighted by Crippen LogP contribution is 2.39. The topological polar surface area (TPSA) is 173 Å². The first kappa shape index (κ1) is 25.5. The Bertz CT molecular complexity index is 1490. The number of ketones is 1. The molecule has 200 valence electrons. The molecule has 0 aliphatic carbocycles. The van der Waals surface area contributed by atoms with E-state index in [-0.39, 0.29) is 41.3 Å². The number of likely N-dealkylation sites (tertiary alicyclic amines) is 1. The van der Waals surface area contributed by atoms with Crippen LogP contribution in [0, 0.1) is 0 Å². The Morgan fingerprint density at radius 1 is 1.18 bits per heavy atom. The van der Waals surface area contributed by atoms with Gasteiger partial charge in [-0.25, -0.2) is 9.97 Å². The minimum Gasteiger partial charge on any atom is -0.389 e. The molecule has 0 bridgehead atoms. The van der Waals surface area contributed by atoms with Gasteiger partial charge in [0, 0.05) is 35.3 Å². The van der Waals surface area contributed by atoms with Crippen molar-refractivity contribution in [3.63, 3.8) is 0 Å². The van der Waals surface area contributed by atoms with Crippen molar-refractivity contribution in [1.82, 2.24) is 44.5 Å². The molecule has 0 aromatic carbocycles. The number of amides is 1. The first-order valence-corrected chi connectivity index (χ1v) is 12.6. The molecule has 4 aromatic rings. The van der Waals surface area contributed by atoms with Crippen LogP contribution in [0.5, 0.6) is 0 Å². The summed E-state index contributed by atoms with van der Waals surface area (Å²) in [5.41, 5.74) is 8.56. The summed E-state index contributed by atoms with van der Waals surface area (Å²) in [6, 6.07) is -0.269. The van der Waals surface area contributed by atoms with E-state index in [2.05, 4.69) is 25.4 Å². The molecule has 0 radical (unpaired) electrons. The lowest BCUT2D eigenvalue weighted by Gasteiger charge is -2.42. The van der Waals surface area contributed by atoms with E-state index >= 15 is 0 Å². The summed E-state index contributed by atoms with van der Waals surface area (Å²) in [6.45, 7) is 9.19. The van der Waals surface area contributed by atoms with Crippen molar-refractivity contribution in [3.8, 4) is 11.1 Å². The molecule has 5 rings (SSSR count). The van der Waals surface area contributed by atoms with Crippen LogP contribution < -0.4 is 5.73 Å². The number of carbonyl (C=O) groups excluding carboxylic acids is 2. The van der Waals surface area contributed by atoms with Crippen LogP contribution in [0.3, 0.4) is 0 Å². The molecule has 1 aliphatic rings. The van der Waals surface area contributed by atoms with E-state index in [1.165, 1.54) is 17.8 Å². The Kier molecular flexibility index (Phi) is 6.25. The highest BCUT2D eigenvalue weighted by atomic mass is 16.3. The molecule has 38 heavy (non-hydrogen) atoms. The SMILES string of the molecule is CC(=O)c1c(C2CC(C)N(C(=O)c3ncn[nH]3)[C@@H](C)C2)nc2c(-c3cnn(CC(C)(C)O)c3)cnn2c1N. The number of aromatic nitrogens is 8. The fraction of sp³-hybridized carbons (Fsp3) is 0.480. The molecule has 1 saturated heterocycles. The standard InChI is InChI=1S/C25H32N10O3/c1-13-6-16(7-14(2)34(13)24(37)22-27-12-28-32-22)20-19(15(3)36)21(26)35-23(31-20)18(9-30-35)17-8-29-33(10-17)11-25(4,5)38/h8-10,12-14,16,38H,6-7,11,26H2,1-5H3,(H,27,28,32)/t13-,14?,16?/m0/s1. The lowest BCUT2D eigenvalue weighted by molar-refractivity contribution is 0.0462. The number of nitrogens with zero attached hydrogens (tertiary/aromatic N) is 8. The molecule has 2 unspecified atom stereocenters. The van der Waals surface area contributed by atoms with Crippen molar-refractivity contribution in [3.05, 3.63) is 42.0 Å². The van der Waals surface area contributed by atoms with Gasteiger partial charge in [0.25, 0.3) is 5.91 Å². The number of aromatic amines is 1. The van der Waals surface area contributed by atoms with Gasteiger partial charge in [0.1, 0.15) is 12.1 Å². The molecule has 3 atom stereocenters. The predicted octanol–water partition coefficient (Wildman–Crippen LogP) is 2.06. The fourth-order valence-electron chi connectivity index (χ4n) is 5.51. The number of anilines is 1. The molecule has 1 aliphatic heterocycles. The van der Waals surface area contributed by atoms with E-state index in [0.717, 1.165) is 5.56 Å². The Labute approximate surface area is 219 Å². The van der Waals surface area contributed by atoms with Gasteiger partial charge in [-0.05, 0) is 47.5 Å². The molecule has 5 heterocycles. The summed E-state index contributed by atoms with van der Waals surface area (Å²) < 4.78 is 3.15. The summed E-state index contributed by atoms with van der Waals surface area (Å²) in [4.78, 5) is 36.6. The number of hydrogen-bond acceptors (Lipinski definition) is 9. The lowest BCUT2D eigenvalue weighted by atomic mass is 9.82. The van der Waals surface area contributed by atoms with E-state index < -0.39 is 5.60 Å². The van der Waals surface area contributed by atoms with Crippen molar-refractivity contribution >= 4 is 23.2 Å². The third-order valence-corrected chi connectivity index (χ3v) is 7.00. The molecule has 1 fully saturated rings. The van der Waals surface area contributed by atoms with E-state index in [4.69, 9.17) is 10.7 Å². The van der Waals surface area contributed by atoms with Crippen molar-refractivity contribution in [2.45, 2.75) is 77.6 Å². The number of piperidine rings is 1. The zero-order chi connectivity index (χ0) is 27.4. The largest absolute Gasteiger partial charge is 0.389 e. The predicted molar refractivity (Wildman–Crippen MR) is 138 cm³/mol. The van der Waals surface area contributed by atoms with E-state index in [9.17, 15) is 14.7 Å². The van der Waals surface area contributed by atoms with Crippen molar-refractivity contribution in [2.75, 3.05) is 5.73 Å². The summed E-state index contributed by atoms with van der Waals surface area (Å²) in [7, 11) is 0. The highest BCUT2D eigenvalue weighted by molar-refractivity contribution is 6.00. The lowest BCUT2D eigenvalue weighted by Crippen LogP contribution is -2.50. The molecule has 0 saturated carbocycles. The Morgan fingerprint density at radius 3 is 2.50 bits per heavy atom. The molecular formula is C25H32N10O3. The minimum absolute atomic E-state index is 0.106. The normalized spacial score (nSPS) is 20.3. The Hall–Kier alpha value is -4.13. The van der Waals surface area contributed by atoms with E-state index in [0.29, 0.717) is 41.9 Å². The van der Waals surface area contributed by atoms with Crippen molar-refractivity contribution in [1.29, 1.82) is 0 Å². The maximum absolute atomic E-state index is 13.1. The maximum Gasteiger partial charge on any atom is 0.291 e. The second-order valence-electron chi connectivity index (χ2n) is 10.8. The summed E-state index contributed by atoms with van der Waals surface area (Å²) in [6.07, 6.45) is 7.68. The third kappa shape index (κ3) is 4.53. The molecule has 13 heteroatoms. The third-order valence-electron chi connectivity index (χ3n) is 7.00. The van der Waals surface area contributed by atoms with E-state index in [1.54, 1.807) is 35.8 Å². The number of nitrogens with two attached hydrogens (primary N) is 1. The van der Waals surface area contributed by atoms with Gasteiger partial charge in [-0.3, -0.25) is 19.4 Å². The number of nitrogen functional groups attached to an aromatic ring is 1. The van der Waals surface area contributed by atoms with Crippen LogP contribution in [0.25, 0.3) is 16.8 Å². The van der Waals surface area contributed by atoms with Gasteiger partial charge in [-0.15, -0.1) is 0 Å². The summed E-state index contributed by atoms with van der Waals surface area (Å²) in [5, 5.41) is 25.4. The van der Waals surface area contributed by atoms with Crippen molar-refractivity contribution in [2.24, 2.45) is 0 Å². The molecule has 13 nitrogen and oxygen atoms in total. The first-order chi connectivity index (χ1) is 17.9. The van der Waals surface area contributed by atoms with E-state index in [1.807, 2.05) is 20.0 Å². The Balaban J connectivity index is 1.53. The fourth-order valence-corrected chi connectivity index (χ4v) is 5.51. The highest BCUT2D eigenvalue weighted by Gasteiger charge is 2.38.